The standard InChI is InChI=1S/C13H21N3O3/c1-3-7-16(9-12(17)18-4-2)8-11-14-15-13(19-11)10-5-6-10/h10H,3-9H2,1-2H3. The third kappa shape index (κ3) is 4.31. The van der Waals surface area contributed by atoms with Crippen LogP contribution in [0.5, 0.6) is 0 Å². The van der Waals surface area contributed by atoms with Gasteiger partial charge in [0, 0.05) is 5.92 Å². The van der Waals surface area contributed by atoms with Gasteiger partial charge in [-0.15, -0.1) is 10.2 Å². The van der Waals surface area contributed by atoms with Crippen LogP contribution in [0.3, 0.4) is 0 Å². The number of hydrogen-bond acceptors (Lipinski definition) is 6. The quantitative estimate of drug-likeness (QED) is 0.668. The van der Waals surface area contributed by atoms with Crippen molar-refractivity contribution in [2.45, 2.75) is 45.6 Å². The third-order valence-electron chi connectivity index (χ3n) is 2.97. The van der Waals surface area contributed by atoms with Crippen molar-refractivity contribution in [3.63, 3.8) is 0 Å². The first-order chi connectivity index (χ1) is 9.22. The average molecular weight is 267 g/mol. The maximum Gasteiger partial charge on any atom is 0.320 e. The lowest BCUT2D eigenvalue weighted by Crippen LogP contribution is -2.31. The number of hydrogen-bond donors (Lipinski definition) is 0. The molecule has 1 heterocycles. The molecule has 6 heteroatoms. The van der Waals surface area contributed by atoms with Crippen molar-refractivity contribution in [1.29, 1.82) is 0 Å². The predicted octanol–water partition coefficient (Wildman–Crippen LogP) is 1.72. The van der Waals surface area contributed by atoms with Crippen LogP contribution in [0.15, 0.2) is 4.42 Å². The summed E-state index contributed by atoms with van der Waals surface area (Å²) in [4.78, 5) is 13.5. The lowest BCUT2D eigenvalue weighted by Gasteiger charge is -2.18. The zero-order chi connectivity index (χ0) is 13.7. The van der Waals surface area contributed by atoms with Gasteiger partial charge in [-0.1, -0.05) is 6.92 Å². The Bertz CT molecular complexity index is 415. The molecule has 6 nitrogen and oxygen atoms in total. The molecule has 0 bridgehead atoms. The molecule has 0 amide bonds. The molecule has 1 saturated carbocycles. The van der Waals surface area contributed by atoms with Crippen LogP contribution in [0, 0.1) is 0 Å². The highest BCUT2D eigenvalue weighted by atomic mass is 16.5. The van der Waals surface area contributed by atoms with Crippen molar-refractivity contribution < 1.29 is 13.9 Å². The van der Waals surface area contributed by atoms with Gasteiger partial charge in [0.15, 0.2) is 0 Å². The highest BCUT2D eigenvalue weighted by Crippen LogP contribution is 2.39. The van der Waals surface area contributed by atoms with Crippen LogP contribution >= 0.6 is 0 Å². The zero-order valence-electron chi connectivity index (χ0n) is 11.6. The number of ether oxygens (including phenoxy) is 1. The molecule has 106 valence electrons. The molecule has 0 radical (unpaired) electrons. The first kappa shape index (κ1) is 14.0. The van der Waals surface area contributed by atoms with Crippen LogP contribution in [-0.4, -0.2) is 40.8 Å². The number of rotatable bonds is 8. The average Bonchev–Trinajstić information content (AvgIpc) is 3.11. The third-order valence-corrected chi connectivity index (χ3v) is 2.97. The van der Waals surface area contributed by atoms with Crippen LogP contribution in [0.2, 0.25) is 0 Å². The van der Waals surface area contributed by atoms with Gasteiger partial charge in [-0.05, 0) is 32.7 Å². The summed E-state index contributed by atoms with van der Waals surface area (Å²) in [6, 6.07) is 0. The van der Waals surface area contributed by atoms with Gasteiger partial charge in [0.05, 0.1) is 19.7 Å². The summed E-state index contributed by atoms with van der Waals surface area (Å²) in [5.41, 5.74) is 0. The van der Waals surface area contributed by atoms with E-state index in [1.807, 2.05) is 11.8 Å². The van der Waals surface area contributed by atoms with Crippen molar-refractivity contribution in [2.75, 3.05) is 19.7 Å². The smallest absolute Gasteiger partial charge is 0.320 e. The molecule has 0 unspecified atom stereocenters. The largest absolute Gasteiger partial charge is 0.465 e. The summed E-state index contributed by atoms with van der Waals surface area (Å²) in [7, 11) is 0. The van der Waals surface area contributed by atoms with Gasteiger partial charge in [0.2, 0.25) is 11.8 Å². The second-order valence-corrected chi connectivity index (χ2v) is 4.82. The van der Waals surface area contributed by atoms with Crippen molar-refractivity contribution in [1.82, 2.24) is 15.1 Å². The molecule has 1 aromatic rings. The summed E-state index contributed by atoms with van der Waals surface area (Å²) in [5.74, 6) is 1.58. The van der Waals surface area contributed by atoms with Crippen LogP contribution in [0.25, 0.3) is 0 Å². The Morgan fingerprint density at radius 3 is 2.84 bits per heavy atom. The monoisotopic (exact) mass is 267 g/mol. The van der Waals surface area contributed by atoms with E-state index in [-0.39, 0.29) is 12.5 Å². The van der Waals surface area contributed by atoms with Crippen molar-refractivity contribution in [3.8, 4) is 0 Å². The summed E-state index contributed by atoms with van der Waals surface area (Å²) in [6.45, 7) is 5.86. The molecule has 0 aliphatic heterocycles. The Morgan fingerprint density at radius 1 is 1.42 bits per heavy atom. The Balaban J connectivity index is 1.88. The molecule has 19 heavy (non-hydrogen) atoms. The van der Waals surface area contributed by atoms with Gasteiger partial charge in [-0.25, -0.2) is 0 Å². The fourth-order valence-corrected chi connectivity index (χ4v) is 1.94. The van der Waals surface area contributed by atoms with Crippen LogP contribution in [0.1, 0.15) is 50.8 Å². The summed E-state index contributed by atoms with van der Waals surface area (Å²) < 4.78 is 10.6. The fraction of sp³-hybridized carbons (Fsp3) is 0.769. The fourth-order valence-electron chi connectivity index (χ4n) is 1.94. The molecule has 1 aliphatic carbocycles. The van der Waals surface area contributed by atoms with Crippen molar-refractivity contribution in [3.05, 3.63) is 11.8 Å². The first-order valence-electron chi connectivity index (χ1n) is 6.93. The normalized spacial score (nSPS) is 14.9. The van der Waals surface area contributed by atoms with Crippen LogP contribution in [0.4, 0.5) is 0 Å². The molecule has 1 aromatic heterocycles. The molecule has 0 aromatic carbocycles. The number of nitrogens with zero attached hydrogens (tertiary/aromatic N) is 3. The van der Waals surface area contributed by atoms with E-state index < -0.39 is 0 Å². The van der Waals surface area contributed by atoms with E-state index in [1.54, 1.807) is 0 Å². The molecule has 0 spiro atoms. The Hall–Kier alpha value is -1.43. The molecular formula is C13H21N3O3. The number of esters is 1. The first-order valence-corrected chi connectivity index (χ1v) is 6.93. The topological polar surface area (TPSA) is 68.5 Å². The Kier molecular flexibility index (Phi) is 4.90. The van der Waals surface area contributed by atoms with Gasteiger partial charge < -0.3 is 9.15 Å². The van der Waals surface area contributed by atoms with Gasteiger partial charge in [0.25, 0.3) is 0 Å². The van der Waals surface area contributed by atoms with Crippen molar-refractivity contribution in [2.24, 2.45) is 0 Å². The molecule has 0 N–H and O–H groups in total. The number of carbonyl (C=O) groups excluding carboxylic acids is 1. The molecule has 0 atom stereocenters. The van der Waals surface area contributed by atoms with E-state index in [4.69, 9.17) is 9.15 Å². The molecule has 1 aliphatic rings. The van der Waals surface area contributed by atoms with Crippen LogP contribution in [-0.2, 0) is 16.1 Å². The SMILES string of the molecule is CCCN(CC(=O)OCC)Cc1nnc(C2CC2)o1. The van der Waals surface area contributed by atoms with Crippen LogP contribution < -0.4 is 0 Å². The Morgan fingerprint density at radius 2 is 2.21 bits per heavy atom. The maximum atomic E-state index is 11.5. The highest BCUT2D eigenvalue weighted by Gasteiger charge is 2.29. The summed E-state index contributed by atoms with van der Waals surface area (Å²) in [6.07, 6.45) is 3.25. The van der Waals surface area contributed by atoms with E-state index in [9.17, 15) is 4.79 Å². The van der Waals surface area contributed by atoms with Gasteiger partial charge in [0.1, 0.15) is 0 Å². The molecular weight excluding hydrogens is 246 g/mol. The second-order valence-electron chi connectivity index (χ2n) is 4.82. The highest BCUT2D eigenvalue weighted by molar-refractivity contribution is 5.71. The Labute approximate surface area is 113 Å². The van der Waals surface area contributed by atoms with E-state index in [0.29, 0.717) is 25.0 Å². The zero-order valence-corrected chi connectivity index (χ0v) is 11.6. The minimum Gasteiger partial charge on any atom is -0.465 e. The summed E-state index contributed by atoms with van der Waals surface area (Å²) >= 11 is 0. The summed E-state index contributed by atoms with van der Waals surface area (Å²) in [5, 5.41) is 8.09. The maximum absolute atomic E-state index is 11.5. The predicted molar refractivity (Wildman–Crippen MR) is 68.5 cm³/mol. The van der Waals surface area contributed by atoms with Gasteiger partial charge in [-0.3, -0.25) is 9.69 Å². The van der Waals surface area contributed by atoms with E-state index >= 15 is 0 Å². The van der Waals surface area contributed by atoms with Crippen molar-refractivity contribution >= 4 is 5.97 Å². The lowest BCUT2D eigenvalue weighted by atomic mass is 10.4. The van der Waals surface area contributed by atoms with E-state index in [0.717, 1.165) is 31.7 Å². The minimum absolute atomic E-state index is 0.210. The van der Waals surface area contributed by atoms with Gasteiger partial charge in [-0.2, -0.15) is 0 Å². The van der Waals surface area contributed by atoms with E-state index in [2.05, 4.69) is 17.1 Å². The molecule has 0 saturated heterocycles. The molecule has 2 rings (SSSR count). The minimum atomic E-state index is -0.210. The van der Waals surface area contributed by atoms with Gasteiger partial charge >= 0.3 is 5.97 Å². The molecule has 1 fully saturated rings. The lowest BCUT2D eigenvalue weighted by molar-refractivity contribution is -0.144. The second kappa shape index (κ2) is 6.65. The van der Waals surface area contributed by atoms with E-state index in [1.165, 1.54) is 0 Å². The number of aromatic nitrogens is 2. The number of carbonyl (C=O) groups is 1.